The molecular weight excluding hydrogens is 358 g/mol. The van der Waals surface area contributed by atoms with Crippen LogP contribution in [0.2, 0.25) is 5.02 Å². The first-order chi connectivity index (χ1) is 9.69. The lowest BCUT2D eigenvalue weighted by Crippen LogP contribution is -2.41. The molecule has 1 heterocycles. The van der Waals surface area contributed by atoms with E-state index in [1.54, 1.807) is 13.2 Å². The summed E-state index contributed by atoms with van der Waals surface area (Å²) in [6.07, 6.45) is 0. The monoisotopic (exact) mass is 376 g/mol. The van der Waals surface area contributed by atoms with Gasteiger partial charge in [0.05, 0.1) is 16.2 Å². The van der Waals surface area contributed by atoms with Crippen molar-refractivity contribution in [2.24, 2.45) is 0 Å². The molecule has 1 fully saturated rings. The van der Waals surface area contributed by atoms with Crippen molar-refractivity contribution in [3.8, 4) is 5.75 Å². The summed E-state index contributed by atoms with van der Waals surface area (Å²) in [7, 11) is 1.00. The summed E-state index contributed by atoms with van der Waals surface area (Å²) in [6, 6.07) is 3.64. The first kappa shape index (κ1) is 17.1. The Morgan fingerprint density at radius 1 is 1.19 bits per heavy atom. The molecular formula is C14H19BBrClO4. The largest absolute Gasteiger partial charge is 0.497 e. The van der Waals surface area contributed by atoms with Crippen LogP contribution < -0.4 is 10.2 Å². The van der Waals surface area contributed by atoms with Gasteiger partial charge in [-0.2, -0.15) is 0 Å². The molecule has 1 aliphatic rings. The first-order valence-corrected chi connectivity index (χ1v) is 7.82. The minimum Gasteiger partial charge on any atom is -0.466 e. The molecule has 0 spiro atoms. The van der Waals surface area contributed by atoms with E-state index in [0.29, 0.717) is 10.8 Å². The molecule has 0 aromatic heterocycles. The summed E-state index contributed by atoms with van der Waals surface area (Å²) in [5, 5.41) is 0.458. The molecule has 0 atom stereocenters. The third-order valence-corrected chi connectivity index (χ3v) is 4.99. The van der Waals surface area contributed by atoms with Crippen molar-refractivity contribution in [3.05, 3.63) is 21.6 Å². The van der Waals surface area contributed by atoms with Crippen molar-refractivity contribution < 1.29 is 18.8 Å². The summed E-state index contributed by atoms with van der Waals surface area (Å²) in [5.41, 5.74) is -0.128. The van der Waals surface area contributed by atoms with Crippen molar-refractivity contribution in [1.29, 1.82) is 0 Å². The number of benzene rings is 1. The van der Waals surface area contributed by atoms with Crippen LogP contribution >= 0.6 is 27.5 Å². The molecule has 2 rings (SSSR count). The summed E-state index contributed by atoms with van der Waals surface area (Å²) >= 11 is 9.95. The van der Waals surface area contributed by atoms with Gasteiger partial charge < -0.3 is 18.8 Å². The van der Waals surface area contributed by atoms with Crippen LogP contribution in [-0.2, 0) is 14.0 Å². The fraction of sp³-hybridized carbons (Fsp3) is 0.571. The lowest BCUT2D eigenvalue weighted by Gasteiger charge is -2.32. The number of hydrogen-bond acceptors (Lipinski definition) is 4. The van der Waals surface area contributed by atoms with E-state index in [2.05, 4.69) is 15.9 Å². The van der Waals surface area contributed by atoms with Crippen LogP contribution in [0.3, 0.4) is 0 Å². The summed E-state index contributed by atoms with van der Waals surface area (Å²) in [5.74, 6) is 0.534. The van der Waals surface area contributed by atoms with Crippen LogP contribution in [-0.4, -0.2) is 32.2 Å². The Kier molecular flexibility index (Phi) is 4.95. The number of ether oxygens (including phenoxy) is 2. The van der Waals surface area contributed by atoms with E-state index in [1.807, 2.05) is 33.8 Å². The molecule has 1 saturated heterocycles. The fourth-order valence-electron chi connectivity index (χ4n) is 1.96. The zero-order valence-electron chi connectivity index (χ0n) is 12.8. The normalized spacial score (nSPS) is 19.9. The average Bonchev–Trinajstić information content (AvgIpc) is 2.57. The van der Waals surface area contributed by atoms with Crippen LogP contribution in [0.25, 0.3) is 0 Å². The Bertz CT molecular complexity index is 520. The smallest absolute Gasteiger partial charge is 0.466 e. The van der Waals surface area contributed by atoms with Crippen LogP contribution in [0.15, 0.2) is 16.6 Å². The van der Waals surface area contributed by atoms with E-state index >= 15 is 0 Å². The molecule has 1 aromatic carbocycles. The third-order valence-electron chi connectivity index (χ3n) is 3.91. The van der Waals surface area contributed by atoms with E-state index in [-0.39, 0.29) is 6.79 Å². The first-order valence-electron chi connectivity index (χ1n) is 6.65. The molecule has 0 bridgehead atoms. The van der Waals surface area contributed by atoms with Gasteiger partial charge >= 0.3 is 7.12 Å². The van der Waals surface area contributed by atoms with E-state index in [0.717, 1.165) is 9.94 Å². The number of methoxy groups -OCH3 is 1. The zero-order chi connectivity index (χ0) is 15.8. The van der Waals surface area contributed by atoms with Gasteiger partial charge in [-0.15, -0.1) is 0 Å². The van der Waals surface area contributed by atoms with Crippen molar-refractivity contribution in [2.75, 3.05) is 13.9 Å². The topological polar surface area (TPSA) is 36.9 Å². The molecule has 0 amide bonds. The van der Waals surface area contributed by atoms with Crippen LogP contribution in [0.1, 0.15) is 27.7 Å². The number of hydrogen-bond donors (Lipinski definition) is 0. The molecule has 116 valence electrons. The second-order valence-corrected chi connectivity index (χ2v) is 7.14. The fourth-order valence-corrected chi connectivity index (χ4v) is 2.90. The maximum absolute atomic E-state index is 6.45. The SMILES string of the molecule is COCOc1ccc(Br)c(B2OC(C)(C)C(C)(C)O2)c1Cl. The van der Waals surface area contributed by atoms with Crippen molar-refractivity contribution in [3.63, 3.8) is 0 Å². The lowest BCUT2D eigenvalue weighted by molar-refractivity contribution is 0.00578. The van der Waals surface area contributed by atoms with Gasteiger partial charge in [0, 0.05) is 17.0 Å². The Morgan fingerprint density at radius 3 is 2.29 bits per heavy atom. The van der Waals surface area contributed by atoms with Crippen LogP contribution in [0.5, 0.6) is 5.75 Å². The van der Waals surface area contributed by atoms with Gasteiger partial charge in [-0.05, 0) is 39.8 Å². The standard InChI is InChI=1S/C14H19BBrClO4/c1-13(2)14(3,4)21-15(20-13)11-9(16)6-7-10(12(11)17)19-8-18-5/h6-7H,8H2,1-5H3. The number of halogens is 2. The molecule has 0 aliphatic carbocycles. The number of rotatable bonds is 4. The summed E-state index contributed by atoms with van der Waals surface area (Å²) in [6.45, 7) is 8.13. The quantitative estimate of drug-likeness (QED) is 0.595. The highest BCUT2D eigenvalue weighted by Gasteiger charge is 2.53. The lowest BCUT2D eigenvalue weighted by atomic mass is 9.79. The van der Waals surface area contributed by atoms with Gasteiger partial charge in [0.1, 0.15) is 5.75 Å². The molecule has 0 saturated carbocycles. The van der Waals surface area contributed by atoms with E-state index < -0.39 is 18.3 Å². The van der Waals surface area contributed by atoms with Gasteiger partial charge in [-0.3, -0.25) is 0 Å². The maximum Gasteiger partial charge on any atom is 0.497 e. The Labute approximate surface area is 139 Å². The highest BCUT2D eigenvalue weighted by atomic mass is 79.9. The van der Waals surface area contributed by atoms with Crippen LogP contribution in [0, 0.1) is 0 Å². The molecule has 1 aromatic rings. The van der Waals surface area contributed by atoms with E-state index in [4.69, 9.17) is 30.4 Å². The van der Waals surface area contributed by atoms with E-state index in [9.17, 15) is 0 Å². The summed E-state index contributed by atoms with van der Waals surface area (Å²) in [4.78, 5) is 0. The van der Waals surface area contributed by atoms with Crippen LogP contribution in [0.4, 0.5) is 0 Å². The zero-order valence-corrected chi connectivity index (χ0v) is 15.2. The minimum atomic E-state index is -0.553. The Hall–Kier alpha value is -0.265. The average molecular weight is 377 g/mol. The molecule has 21 heavy (non-hydrogen) atoms. The van der Waals surface area contributed by atoms with Gasteiger partial charge in [0.25, 0.3) is 0 Å². The maximum atomic E-state index is 6.45. The molecule has 0 N–H and O–H groups in total. The molecule has 4 nitrogen and oxygen atoms in total. The van der Waals surface area contributed by atoms with Gasteiger partial charge in [-0.1, -0.05) is 27.5 Å². The minimum absolute atomic E-state index is 0.129. The highest BCUT2D eigenvalue weighted by Crippen LogP contribution is 2.38. The molecule has 7 heteroatoms. The highest BCUT2D eigenvalue weighted by molar-refractivity contribution is 9.10. The van der Waals surface area contributed by atoms with E-state index in [1.165, 1.54) is 0 Å². The molecule has 0 unspecified atom stereocenters. The Morgan fingerprint density at radius 2 is 1.76 bits per heavy atom. The van der Waals surface area contributed by atoms with Crippen molar-refractivity contribution in [1.82, 2.24) is 0 Å². The Balaban J connectivity index is 2.36. The molecule has 0 radical (unpaired) electrons. The van der Waals surface area contributed by atoms with Crippen molar-refractivity contribution in [2.45, 2.75) is 38.9 Å². The molecule has 1 aliphatic heterocycles. The summed E-state index contributed by atoms with van der Waals surface area (Å²) < 4.78 is 23.3. The third kappa shape index (κ3) is 3.25. The predicted octanol–water partition coefficient (Wildman–Crippen LogP) is 3.38. The van der Waals surface area contributed by atoms with Gasteiger partial charge in [0.15, 0.2) is 6.79 Å². The van der Waals surface area contributed by atoms with Gasteiger partial charge in [-0.25, -0.2) is 0 Å². The van der Waals surface area contributed by atoms with Crippen molar-refractivity contribution >= 4 is 40.1 Å². The second-order valence-electron chi connectivity index (χ2n) is 5.91. The predicted molar refractivity (Wildman–Crippen MR) is 87.4 cm³/mol. The second kappa shape index (κ2) is 6.09. The van der Waals surface area contributed by atoms with Gasteiger partial charge in [0.2, 0.25) is 0 Å².